The van der Waals surface area contributed by atoms with Crippen LogP contribution in [0.5, 0.6) is 5.75 Å². The Hall–Kier alpha value is -2.11. The summed E-state index contributed by atoms with van der Waals surface area (Å²) in [7, 11) is 0. The Morgan fingerprint density at radius 1 is 1.44 bits per heavy atom. The maximum absolute atomic E-state index is 13.2. The minimum atomic E-state index is -0.512. The van der Waals surface area contributed by atoms with E-state index in [1.807, 2.05) is 0 Å². The topological polar surface area (TPSA) is 58.6 Å². The Bertz CT molecular complexity index is 464. The molecule has 1 fully saturated rings. The summed E-state index contributed by atoms with van der Waals surface area (Å²) in [6.45, 7) is 0.642. The van der Waals surface area contributed by atoms with Gasteiger partial charge in [-0.3, -0.25) is 9.59 Å². The smallest absolute Gasteiger partial charge is 0.261 e. The van der Waals surface area contributed by atoms with Gasteiger partial charge in [0.25, 0.3) is 5.91 Å². The number of para-hydroxylation sites is 1. The van der Waals surface area contributed by atoms with Gasteiger partial charge in [0, 0.05) is 13.1 Å². The fraction of sp³-hybridized carbons (Fsp3) is 0.333. The van der Waals surface area contributed by atoms with Crippen LogP contribution in [0.2, 0.25) is 0 Å². The van der Waals surface area contributed by atoms with E-state index in [-0.39, 0.29) is 30.7 Å². The summed E-state index contributed by atoms with van der Waals surface area (Å²) in [6.07, 6.45) is 0. The second kappa shape index (κ2) is 5.48. The molecule has 0 spiro atoms. The molecule has 1 saturated heterocycles. The Balaban J connectivity index is 1.88. The first-order valence-corrected chi connectivity index (χ1v) is 5.58. The molecule has 0 aromatic heterocycles. The molecule has 0 radical (unpaired) electrons. The highest BCUT2D eigenvalue weighted by Crippen LogP contribution is 2.15. The molecule has 0 aliphatic carbocycles. The zero-order chi connectivity index (χ0) is 13.0. The number of ether oxygens (including phenoxy) is 1. The van der Waals surface area contributed by atoms with Gasteiger partial charge in [-0.25, -0.2) is 4.39 Å². The van der Waals surface area contributed by atoms with Crippen LogP contribution in [0.1, 0.15) is 0 Å². The van der Waals surface area contributed by atoms with Crippen molar-refractivity contribution in [3.63, 3.8) is 0 Å². The lowest BCUT2D eigenvalue weighted by atomic mass is 10.3. The van der Waals surface area contributed by atoms with Crippen molar-refractivity contribution in [1.82, 2.24) is 10.2 Å². The van der Waals surface area contributed by atoms with Crippen molar-refractivity contribution in [3.05, 3.63) is 30.1 Å². The molecular weight excluding hydrogens is 239 g/mol. The quantitative estimate of drug-likeness (QED) is 0.834. The van der Waals surface area contributed by atoms with E-state index in [0.717, 1.165) is 0 Å². The van der Waals surface area contributed by atoms with Gasteiger partial charge in [-0.05, 0) is 12.1 Å². The van der Waals surface area contributed by atoms with Crippen LogP contribution in [-0.2, 0) is 9.59 Å². The minimum Gasteiger partial charge on any atom is -0.481 e. The third kappa shape index (κ3) is 2.97. The lowest BCUT2D eigenvalue weighted by molar-refractivity contribution is -0.139. The standard InChI is InChI=1S/C12H13FN2O3/c13-9-3-1-2-4-10(9)18-8-12(17)15-6-5-14-11(16)7-15/h1-4H,5-8H2,(H,14,16). The van der Waals surface area contributed by atoms with Crippen molar-refractivity contribution in [2.24, 2.45) is 0 Å². The molecule has 1 aliphatic rings. The lowest BCUT2D eigenvalue weighted by Crippen LogP contribution is -2.51. The largest absolute Gasteiger partial charge is 0.481 e. The van der Waals surface area contributed by atoms with E-state index in [0.29, 0.717) is 13.1 Å². The lowest BCUT2D eigenvalue weighted by Gasteiger charge is -2.26. The number of carbonyl (C=O) groups excluding carboxylic acids is 2. The number of benzene rings is 1. The van der Waals surface area contributed by atoms with Crippen molar-refractivity contribution in [3.8, 4) is 5.75 Å². The Labute approximate surface area is 104 Å². The molecule has 0 saturated carbocycles. The zero-order valence-corrected chi connectivity index (χ0v) is 9.69. The highest BCUT2D eigenvalue weighted by molar-refractivity contribution is 5.86. The molecule has 6 heteroatoms. The van der Waals surface area contributed by atoms with Crippen LogP contribution < -0.4 is 10.1 Å². The summed E-state index contributed by atoms with van der Waals surface area (Å²) in [4.78, 5) is 24.2. The van der Waals surface area contributed by atoms with Gasteiger partial charge in [-0.1, -0.05) is 12.1 Å². The molecule has 0 unspecified atom stereocenters. The van der Waals surface area contributed by atoms with Crippen LogP contribution in [0, 0.1) is 5.82 Å². The number of halogens is 1. The second-order valence-corrected chi connectivity index (χ2v) is 3.88. The number of amides is 2. The average molecular weight is 252 g/mol. The molecule has 18 heavy (non-hydrogen) atoms. The molecule has 2 amide bonds. The van der Waals surface area contributed by atoms with Crippen molar-refractivity contribution < 1.29 is 18.7 Å². The zero-order valence-electron chi connectivity index (χ0n) is 9.69. The third-order valence-corrected chi connectivity index (χ3v) is 2.58. The van der Waals surface area contributed by atoms with E-state index in [9.17, 15) is 14.0 Å². The highest BCUT2D eigenvalue weighted by atomic mass is 19.1. The molecule has 2 rings (SSSR count). The van der Waals surface area contributed by atoms with Crippen LogP contribution in [0.15, 0.2) is 24.3 Å². The van der Waals surface area contributed by atoms with E-state index in [2.05, 4.69) is 5.32 Å². The third-order valence-electron chi connectivity index (χ3n) is 2.58. The molecule has 1 N–H and O–H groups in total. The summed E-state index contributed by atoms with van der Waals surface area (Å²) < 4.78 is 18.3. The molecule has 96 valence electrons. The number of hydrogen-bond donors (Lipinski definition) is 1. The summed E-state index contributed by atoms with van der Waals surface area (Å²) in [6, 6.07) is 5.87. The van der Waals surface area contributed by atoms with Crippen molar-refractivity contribution in [2.45, 2.75) is 0 Å². The highest BCUT2D eigenvalue weighted by Gasteiger charge is 2.21. The second-order valence-electron chi connectivity index (χ2n) is 3.88. The first-order chi connectivity index (χ1) is 8.66. The van der Waals surface area contributed by atoms with E-state index in [4.69, 9.17) is 4.74 Å². The molecule has 1 aliphatic heterocycles. The van der Waals surface area contributed by atoms with Gasteiger partial charge in [0.2, 0.25) is 5.91 Å². The summed E-state index contributed by atoms with van der Waals surface area (Å²) in [5.41, 5.74) is 0. The molecule has 1 heterocycles. The van der Waals surface area contributed by atoms with Crippen LogP contribution >= 0.6 is 0 Å². The fourth-order valence-electron chi connectivity index (χ4n) is 1.64. The van der Waals surface area contributed by atoms with E-state index in [1.165, 1.54) is 17.0 Å². The predicted molar refractivity (Wildman–Crippen MR) is 61.5 cm³/mol. The summed E-state index contributed by atoms with van der Waals surface area (Å²) in [5, 5.41) is 2.62. The van der Waals surface area contributed by atoms with E-state index in [1.54, 1.807) is 12.1 Å². The van der Waals surface area contributed by atoms with E-state index >= 15 is 0 Å². The number of rotatable bonds is 3. The van der Waals surface area contributed by atoms with Gasteiger partial charge in [-0.15, -0.1) is 0 Å². The molecule has 1 aromatic carbocycles. The van der Waals surface area contributed by atoms with Crippen LogP contribution in [0.3, 0.4) is 0 Å². The maximum atomic E-state index is 13.2. The Kier molecular flexibility index (Phi) is 3.76. The number of nitrogens with zero attached hydrogens (tertiary/aromatic N) is 1. The van der Waals surface area contributed by atoms with Gasteiger partial charge in [0.1, 0.15) is 0 Å². The Morgan fingerprint density at radius 2 is 2.22 bits per heavy atom. The molecular formula is C12H13FN2O3. The number of hydrogen-bond acceptors (Lipinski definition) is 3. The van der Waals surface area contributed by atoms with Crippen molar-refractivity contribution in [2.75, 3.05) is 26.2 Å². The van der Waals surface area contributed by atoms with Gasteiger partial charge >= 0.3 is 0 Å². The average Bonchev–Trinajstić information content (AvgIpc) is 2.37. The fourth-order valence-corrected chi connectivity index (χ4v) is 1.64. The van der Waals surface area contributed by atoms with Gasteiger partial charge in [0.05, 0.1) is 6.54 Å². The van der Waals surface area contributed by atoms with Crippen molar-refractivity contribution in [1.29, 1.82) is 0 Å². The summed E-state index contributed by atoms with van der Waals surface area (Å²) in [5.74, 6) is -0.998. The van der Waals surface area contributed by atoms with Crippen LogP contribution in [-0.4, -0.2) is 43.0 Å². The Morgan fingerprint density at radius 3 is 2.94 bits per heavy atom. The summed E-state index contributed by atoms with van der Waals surface area (Å²) >= 11 is 0. The van der Waals surface area contributed by atoms with Gasteiger partial charge in [0.15, 0.2) is 18.2 Å². The maximum Gasteiger partial charge on any atom is 0.261 e. The van der Waals surface area contributed by atoms with E-state index < -0.39 is 5.82 Å². The van der Waals surface area contributed by atoms with Gasteiger partial charge in [-0.2, -0.15) is 0 Å². The van der Waals surface area contributed by atoms with Crippen LogP contribution in [0.25, 0.3) is 0 Å². The number of piperazine rings is 1. The van der Waals surface area contributed by atoms with Crippen LogP contribution in [0.4, 0.5) is 4.39 Å². The van der Waals surface area contributed by atoms with Gasteiger partial charge < -0.3 is 15.0 Å². The number of carbonyl (C=O) groups is 2. The normalized spacial score (nSPS) is 15.2. The SMILES string of the molecule is O=C1CN(C(=O)COc2ccccc2F)CCN1. The minimum absolute atomic E-state index is 0.0272. The first kappa shape index (κ1) is 12.3. The molecule has 1 aromatic rings. The first-order valence-electron chi connectivity index (χ1n) is 5.58. The number of nitrogens with one attached hydrogen (secondary N) is 1. The molecule has 5 nitrogen and oxygen atoms in total. The monoisotopic (exact) mass is 252 g/mol. The molecule has 0 atom stereocenters. The predicted octanol–water partition coefficient (Wildman–Crippen LogP) is 0.163. The van der Waals surface area contributed by atoms with Crippen molar-refractivity contribution >= 4 is 11.8 Å². The molecule has 0 bridgehead atoms.